The number of methoxy groups -OCH3 is 1. The number of nitro groups is 1. The van der Waals surface area contributed by atoms with E-state index in [9.17, 15) is 10.1 Å². The van der Waals surface area contributed by atoms with E-state index in [1.54, 1.807) is 7.11 Å². The van der Waals surface area contributed by atoms with Crippen LogP contribution in [-0.2, 0) is 4.74 Å². The largest absolute Gasteiger partial charge is 0.385 e. The first-order chi connectivity index (χ1) is 11.1. The number of benzene rings is 1. The number of rotatable bonds is 8. The molecule has 0 radical (unpaired) electrons. The van der Waals surface area contributed by atoms with Crippen molar-refractivity contribution >= 4 is 45.6 Å². The van der Waals surface area contributed by atoms with Crippen molar-refractivity contribution in [3.63, 3.8) is 0 Å². The van der Waals surface area contributed by atoms with Gasteiger partial charge in [0.25, 0.3) is 0 Å². The molecule has 0 saturated carbocycles. The minimum Gasteiger partial charge on any atom is -0.385 e. The Morgan fingerprint density at radius 2 is 1.96 bits per heavy atom. The fraction of sp³-hybridized carbons (Fsp3) is 0.286. The molecule has 1 aromatic heterocycles. The van der Waals surface area contributed by atoms with Gasteiger partial charge in [-0.1, -0.05) is 0 Å². The van der Waals surface area contributed by atoms with E-state index in [2.05, 4.69) is 43.2 Å². The Hall–Kier alpha value is -2.01. The summed E-state index contributed by atoms with van der Waals surface area (Å²) in [7, 11) is 1.61. The molecule has 0 aliphatic carbocycles. The maximum Gasteiger partial charge on any atom is 0.353 e. The molecule has 1 heterocycles. The number of aromatic nitrogens is 2. The molecule has 0 amide bonds. The third-order valence-corrected chi connectivity index (χ3v) is 3.65. The number of nitrogens with zero attached hydrogens (tertiary/aromatic N) is 3. The van der Waals surface area contributed by atoms with Crippen LogP contribution >= 0.6 is 22.6 Å². The van der Waals surface area contributed by atoms with Crippen LogP contribution in [0.15, 0.2) is 30.6 Å². The van der Waals surface area contributed by atoms with Crippen LogP contribution in [0.5, 0.6) is 0 Å². The maximum absolute atomic E-state index is 11.4. The lowest BCUT2D eigenvalue weighted by atomic mass is 10.3. The van der Waals surface area contributed by atoms with Crippen molar-refractivity contribution in [2.45, 2.75) is 6.42 Å². The SMILES string of the molecule is COCCCNc1ncnc(Nc2ccc(I)cc2)c1[N+](=O)[O-]. The van der Waals surface area contributed by atoms with Crippen LogP contribution in [0.2, 0.25) is 0 Å². The van der Waals surface area contributed by atoms with Gasteiger partial charge in [-0.2, -0.15) is 0 Å². The van der Waals surface area contributed by atoms with Gasteiger partial charge in [-0.25, -0.2) is 9.97 Å². The van der Waals surface area contributed by atoms with Crippen molar-refractivity contribution in [1.82, 2.24) is 9.97 Å². The predicted molar refractivity (Wildman–Crippen MR) is 96.1 cm³/mol. The summed E-state index contributed by atoms with van der Waals surface area (Å²) >= 11 is 2.19. The number of nitrogens with one attached hydrogen (secondary N) is 2. The molecular weight excluding hydrogens is 413 g/mol. The molecule has 8 nitrogen and oxygen atoms in total. The summed E-state index contributed by atoms with van der Waals surface area (Å²) in [5.74, 6) is 0.342. The highest BCUT2D eigenvalue weighted by Gasteiger charge is 2.22. The predicted octanol–water partition coefficient (Wildman–Crippen LogP) is 3.18. The second-order valence-corrected chi connectivity index (χ2v) is 5.83. The van der Waals surface area contributed by atoms with Gasteiger partial charge in [0.1, 0.15) is 6.33 Å². The van der Waals surface area contributed by atoms with Gasteiger partial charge < -0.3 is 15.4 Å². The average Bonchev–Trinajstić information content (AvgIpc) is 2.53. The van der Waals surface area contributed by atoms with Crippen molar-refractivity contribution in [2.75, 3.05) is 30.9 Å². The first-order valence-corrected chi connectivity index (χ1v) is 7.94. The zero-order valence-corrected chi connectivity index (χ0v) is 14.6. The van der Waals surface area contributed by atoms with E-state index >= 15 is 0 Å². The lowest BCUT2D eigenvalue weighted by molar-refractivity contribution is -0.383. The molecule has 2 aromatic rings. The average molecular weight is 429 g/mol. The van der Waals surface area contributed by atoms with E-state index in [1.165, 1.54) is 6.33 Å². The van der Waals surface area contributed by atoms with E-state index in [0.29, 0.717) is 13.2 Å². The first kappa shape index (κ1) is 17.3. The van der Waals surface area contributed by atoms with Crippen molar-refractivity contribution < 1.29 is 9.66 Å². The van der Waals surface area contributed by atoms with E-state index in [4.69, 9.17) is 4.74 Å². The van der Waals surface area contributed by atoms with Crippen LogP contribution in [-0.4, -0.2) is 35.2 Å². The van der Waals surface area contributed by atoms with Crippen LogP contribution in [0.25, 0.3) is 0 Å². The van der Waals surface area contributed by atoms with E-state index < -0.39 is 4.92 Å². The van der Waals surface area contributed by atoms with Crippen LogP contribution in [0.1, 0.15) is 6.42 Å². The van der Waals surface area contributed by atoms with Gasteiger partial charge in [0, 0.05) is 29.5 Å². The molecule has 2 rings (SSSR count). The summed E-state index contributed by atoms with van der Waals surface area (Å²) < 4.78 is 6.03. The highest BCUT2D eigenvalue weighted by molar-refractivity contribution is 14.1. The Labute approximate surface area is 147 Å². The number of ether oxygens (including phenoxy) is 1. The Morgan fingerprint density at radius 1 is 1.26 bits per heavy atom. The van der Waals surface area contributed by atoms with Crippen molar-refractivity contribution in [3.8, 4) is 0 Å². The molecule has 0 aliphatic rings. The van der Waals surface area contributed by atoms with Gasteiger partial charge in [0.2, 0.25) is 11.6 Å². The molecule has 0 atom stereocenters. The summed E-state index contributed by atoms with van der Waals surface area (Å²) in [6.07, 6.45) is 2.01. The number of hydrogen-bond donors (Lipinski definition) is 2. The third-order valence-electron chi connectivity index (χ3n) is 2.93. The van der Waals surface area contributed by atoms with E-state index in [0.717, 1.165) is 15.7 Å². The standard InChI is InChI=1S/C14H16IN5O3/c1-23-8-2-7-16-13-12(20(21)22)14(18-9-17-13)19-11-5-3-10(15)4-6-11/h3-6,9H,2,7-8H2,1H3,(H2,16,17,18,19). The Morgan fingerprint density at radius 3 is 2.61 bits per heavy atom. The Bertz CT molecular complexity index is 666. The van der Waals surface area contributed by atoms with Crippen molar-refractivity contribution in [2.24, 2.45) is 0 Å². The molecule has 23 heavy (non-hydrogen) atoms. The van der Waals surface area contributed by atoms with Gasteiger partial charge in [-0.3, -0.25) is 10.1 Å². The van der Waals surface area contributed by atoms with Crippen LogP contribution in [0.4, 0.5) is 23.0 Å². The first-order valence-electron chi connectivity index (χ1n) is 6.86. The molecule has 0 bridgehead atoms. The topological polar surface area (TPSA) is 102 Å². The highest BCUT2D eigenvalue weighted by atomic mass is 127. The molecule has 0 aliphatic heterocycles. The van der Waals surface area contributed by atoms with Crippen LogP contribution in [0.3, 0.4) is 0 Å². The van der Waals surface area contributed by atoms with Crippen LogP contribution in [0, 0.1) is 13.7 Å². The zero-order valence-electron chi connectivity index (χ0n) is 12.5. The molecule has 1 aromatic carbocycles. The second-order valence-electron chi connectivity index (χ2n) is 4.58. The quantitative estimate of drug-likeness (QED) is 0.288. The van der Waals surface area contributed by atoms with Gasteiger partial charge in [0.05, 0.1) is 4.92 Å². The lowest BCUT2D eigenvalue weighted by Gasteiger charge is -2.10. The van der Waals surface area contributed by atoms with Gasteiger partial charge in [0.15, 0.2) is 0 Å². The monoisotopic (exact) mass is 429 g/mol. The minimum atomic E-state index is -0.492. The molecule has 9 heteroatoms. The summed E-state index contributed by atoms with van der Waals surface area (Å²) in [5.41, 5.74) is 0.543. The van der Waals surface area contributed by atoms with Crippen molar-refractivity contribution in [1.29, 1.82) is 0 Å². The fourth-order valence-corrected chi connectivity index (χ4v) is 2.23. The number of hydrogen-bond acceptors (Lipinski definition) is 7. The van der Waals surface area contributed by atoms with E-state index in [1.807, 2.05) is 24.3 Å². The summed E-state index contributed by atoms with van der Waals surface area (Å²) in [5, 5.41) is 17.3. The fourth-order valence-electron chi connectivity index (χ4n) is 1.87. The minimum absolute atomic E-state index is 0.153. The Balaban J connectivity index is 2.21. The molecular formula is C14H16IN5O3. The summed E-state index contributed by atoms with van der Waals surface area (Å²) in [4.78, 5) is 18.9. The zero-order chi connectivity index (χ0) is 16.7. The van der Waals surface area contributed by atoms with Crippen molar-refractivity contribution in [3.05, 3.63) is 44.3 Å². The van der Waals surface area contributed by atoms with E-state index in [-0.39, 0.29) is 17.3 Å². The maximum atomic E-state index is 11.4. The third kappa shape index (κ3) is 4.99. The van der Waals surface area contributed by atoms with Gasteiger partial charge >= 0.3 is 5.69 Å². The summed E-state index contributed by atoms with van der Waals surface area (Å²) in [6.45, 7) is 1.09. The second kappa shape index (κ2) is 8.58. The lowest BCUT2D eigenvalue weighted by Crippen LogP contribution is -2.10. The van der Waals surface area contributed by atoms with Crippen LogP contribution < -0.4 is 10.6 Å². The molecule has 122 valence electrons. The number of anilines is 3. The Kier molecular flexibility index (Phi) is 6.47. The molecule has 0 saturated heterocycles. The normalized spacial score (nSPS) is 10.3. The molecule has 2 N–H and O–H groups in total. The number of halogens is 1. The molecule has 0 spiro atoms. The molecule has 0 fully saturated rings. The van der Waals surface area contributed by atoms with Gasteiger partial charge in [-0.15, -0.1) is 0 Å². The smallest absolute Gasteiger partial charge is 0.353 e. The molecule has 0 unspecified atom stereocenters. The van der Waals surface area contributed by atoms with Gasteiger partial charge in [-0.05, 0) is 53.3 Å². The highest BCUT2D eigenvalue weighted by Crippen LogP contribution is 2.31. The summed E-state index contributed by atoms with van der Waals surface area (Å²) in [6, 6.07) is 7.47.